The van der Waals surface area contributed by atoms with Crippen molar-refractivity contribution in [3.05, 3.63) is 53.8 Å². The summed E-state index contributed by atoms with van der Waals surface area (Å²) in [6.07, 6.45) is 3.69. The van der Waals surface area contributed by atoms with Crippen molar-refractivity contribution in [2.24, 2.45) is 5.41 Å². The van der Waals surface area contributed by atoms with Gasteiger partial charge in [-0.05, 0) is 105 Å². The van der Waals surface area contributed by atoms with Gasteiger partial charge in [0.25, 0.3) is 0 Å². The summed E-state index contributed by atoms with van der Waals surface area (Å²) >= 11 is 0. The smallest absolute Gasteiger partial charge is 0.410 e. The first-order valence-corrected chi connectivity index (χ1v) is 26.1. The molecule has 4 fully saturated rings. The Bertz CT molecular complexity index is 2420. The number of nitrogens with zero attached hydrogens (tertiary/aromatic N) is 5. The van der Waals surface area contributed by atoms with Crippen LogP contribution in [0.25, 0.3) is 32.8 Å². The molecule has 1 amide bonds. The van der Waals surface area contributed by atoms with Crippen molar-refractivity contribution in [2.45, 2.75) is 135 Å². The van der Waals surface area contributed by atoms with E-state index >= 15 is 4.39 Å². The number of hydrogen-bond acceptors (Lipinski definition) is 10. The van der Waals surface area contributed by atoms with Crippen LogP contribution in [0.2, 0.25) is 16.6 Å². The highest BCUT2D eigenvalue weighted by atomic mass is 28.3. The normalized spacial score (nSPS) is 21.1. The van der Waals surface area contributed by atoms with E-state index in [0.29, 0.717) is 64.4 Å². The molecule has 4 aromatic rings. The average molecular weight is 908 g/mol. The van der Waals surface area contributed by atoms with Gasteiger partial charge in [0, 0.05) is 67.1 Å². The summed E-state index contributed by atoms with van der Waals surface area (Å²) in [5.41, 5.74) is 6.73. The molecule has 65 heavy (non-hydrogen) atoms. The summed E-state index contributed by atoms with van der Waals surface area (Å²) in [4.78, 5) is 30.1. The van der Waals surface area contributed by atoms with E-state index in [1.807, 2.05) is 62.1 Å². The molecule has 4 heterocycles. The number of methoxy groups -OCH3 is 1. The maximum atomic E-state index is 18.0. The van der Waals surface area contributed by atoms with Crippen molar-refractivity contribution >= 4 is 41.7 Å². The number of halogens is 1. The van der Waals surface area contributed by atoms with Crippen molar-refractivity contribution in [3.63, 3.8) is 0 Å². The number of anilines is 1. The molecule has 8 rings (SSSR count). The van der Waals surface area contributed by atoms with Crippen LogP contribution in [0.4, 0.5) is 15.0 Å². The van der Waals surface area contributed by atoms with Crippen LogP contribution >= 0.6 is 0 Å². The molecular weight excluding hydrogens is 838 g/mol. The molecule has 3 aliphatic heterocycles. The number of hydrogen-bond donors (Lipinski definition) is 0. The topological polar surface area (TPSA) is 98.7 Å². The number of fused-ring (bicyclic) bond motifs is 4. The Kier molecular flexibility index (Phi) is 13.5. The molecule has 3 atom stereocenters. The fourth-order valence-corrected chi connectivity index (χ4v) is 16.3. The highest BCUT2D eigenvalue weighted by Gasteiger charge is 2.47. The number of ether oxygens (including phenoxy) is 5. The van der Waals surface area contributed by atoms with Gasteiger partial charge in [-0.3, -0.25) is 9.80 Å². The monoisotopic (exact) mass is 908 g/mol. The molecule has 1 saturated carbocycles. The molecule has 1 aromatic heterocycles. The molecule has 4 aliphatic rings. The quantitative estimate of drug-likeness (QED) is 0.0733. The predicted octanol–water partition coefficient (Wildman–Crippen LogP) is 10.6. The van der Waals surface area contributed by atoms with Gasteiger partial charge in [-0.1, -0.05) is 65.7 Å². The number of aromatic nitrogens is 2. The molecule has 13 heteroatoms. The molecule has 2 unspecified atom stereocenters. The van der Waals surface area contributed by atoms with Gasteiger partial charge in [0.1, 0.15) is 30.8 Å². The lowest BCUT2D eigenvalue weighted by Crippen LogP contribution is -2.57. The highest BCUT2D eigenvalue weighted by molar-refractivity contribution is 6.90. The molecular formula is C52H70FN5O6Si. The van der Waals surface area contributed by atoms with Crippen LogP contribution in [0.1, 0.15) is 100 Å². The second-order valence-corrected chi connectivity index (χ2v) is 26.7. The number of morpholine rings is 1. The zero-order valence-corrected chi connectivity index (χ0v) is 41.6. The lowest BCUT2D eigenvalue weighted by molar-refractivity contribution is -0.0273. The first-order chi connectivity index (χ1) is 30.9. The van der Waals surface area contributed by atoms with Crippen molar-refractivity contribution in [3.8, 4) is 34.4 Å². The van der Waals surface area contributed by atoms with E-state index < -0.39 is 19.5 Å². The van der Waals surface area contributed by atoms with E-state index in [2.05, 4.69) is 75.8 Å². The van der Waals surface area contributed by atoms with Crippen molar-refractivity contribution in [1.82, 2.24) is 19.8 Å². The van der Waals surface area contributed by atoms with Crippen LogP contribution in [0.15, 0.2) is 42.5 Å². The Morgan fingerprint density at radius 3 is 2.29 bits per heavy atom. The maximum absolute atomic E-state index is 18.0. The summed E-state index contributed by atoms with van der Waals surface area (Å²) < 4.78 is 47.6. The van der Waals surface area contributed by atoms with Crippen LogP contribution in [0.5, 0.6) is 11.8 Å². The molecule has 2 bridgehead atoms. The summed E-state index contributed by atoms with van der Waals surface area (Å²) in [5.74, 6) is 4.38. The fourth-order valence-electron chi connectivity index (χ4n) is 11.1. The Morgan fingerprint density at radius 1 is 0.954 bits per heavy atom. The fraction of sp³-hybridized carbons (Fsp3) is 0.596. The first kappa shape index (κ1) is 47.0. The lowest BCUT2D eigenvalue weighted by Gasteiger charge is -2.42. The molecule has 3 saturated heterocycles. The van der Waals surface area contributed by atoms with E-state index in [1.165, 1.54) is 0 Å². The standard InChI is InChI=1S/C52H70FN5O6Si/c1-33(2)65(34(3)4,35(5)6)24-19-37-13-12-14-38-25-41(63-32-60-11)26-44(45(37)38)42-17-18-43-47(46(42)53)54-49(62-31-52(20-21-52)30-56-22-23-61-36(7)27-56)55-48(43)57-28-39-15-16-40(29-57)58(39)50(59)64-51(8,9)10/h12-14,17-18,25-26,33-36,39-40H,15-16,20-23,27-32H2,1-11H3/t36-,39?,40?/m0/s1. The van der Waals surface area contributed by atoms with Gasteiger partial charge in [-0.25, -0.2) is 9.18 Å². The van der Waals surface area contributed by atoms with Gasteiger partial charge in [0.15, 0.2) is 12.6 Å². The van der Waals surface area contributed by atoms with Gasteiger partial charge in [-0.15, -0.1) is 5.54 Å². The molecule has 11 nitrogen and oxygen atoms in total. The number of carbonyl (C=O) groups is 1. The largest absolute Gasteiger partial charge is 0.468 e. The van der Waals surface area contributed by atoms with E-state index in [1.54, 1.807) is 7.11 Å². The van der Waals surface area contributed by atoms with Crippen LogP contribution in [-0.2, 0) is 14.2 Å². The van der Waals surface area contributed by atoms with Gasteiger partial charge >= 0.3 is 12.1 Å². The second kappa shape index (κ2) is 18.7. The summed E-state index contributed by atoms with van der Waals surface area (Å²) in [7, 11) is -0.524. The Labute approximate surface area is 386 Å². The average Bonchev–Trinajstić information content (AvgIpc) is 3.95. The number of carbonyl (C=O) groups excluding carboxylic acids is 1. The predicted molar refractivity (Wildman–Crippen MR) is 259 cm³/mol. The second-order valence-electron chi connectivity index (χ2n) is 21.1. The number of amides is 1. The van der Waals surface area contributed by atoms with Crippen LogP contribution in [-0.4, -0.2) is 118 Å². The minimum absolute atomic E-state index is 0.0196. The van der Waals surface area contributed by atoms with Crippen molar-refractivity contribution < 1.29 is 32.9 Å². The SMILES string of the molecule is COCOc1cc(-c2ccc3c(N4CC5CCC(C4)N5C(=O)OC(C)(C)C)nc(OCC4(CN5CCO[C@@H](C)C5)CC4)nc3c2F)c2c(C#C[Si](C(C)C)(C(C)C)C(C)C)cccc2c1. The van der Waals surface area contributed by atoms with Gasteiger partial charge in [0.2, 0.25) is 0 Å². The summed E-state index contributed by atoms with van der Waals surface area (Å²) in [5, 5.41) is 2.33. The molecule has 1 aliphatic carbocycles. The van der Waals surface area contributed by atoms with Gasteiger partial charge < -0.3 is 28.6 Å². The van der Waals surface area contributed by atoms with Crippen molar-refractivity contribution in [1.29, 1.82) is 0 Å². The number of benzene rings is 3. The Morgan fingerprint density at radius 2 is 1.66 bits per heavy atom. The van der Waals surface area contributed by atoms with E-state index in [0.717, 1.165) is 68.3 Å². The van der Waals surface area contributed by atoms with Crippen LogP contribution < -0.4 is 14.4 Å². The summed E-state index contributed by atoms with van der Waals surface area (Å²) in [6.45, 7) is 26.6. The molecule has 350 valence electrons. The van der Waals surface area contributed by atoms with E-state index in [9.17, 15) is 4.79 Å². The minimum atomic E-state index is -2.11. The lowest BCUT2D eigenvalue weighted by atomic mass is 9.93. The highest BCUT2D eigenvalue weighted by Crippen LogP contribution is 2.48. The van der Waals surface area contributed by atoms with Crippen LogP contribution in [0.3, 0.4) is 0 Å². The molecule has 3 aromatic carbocycles. The molecule has 0 radical (unpaired) electrons. The third-order valence-corrected chi connectivity index (χ3v) is 20.7. The number of piperazine rings is 1. The molecule has 0 spiro atoms. The van der Waals surface area contributed by atoms with Gasteiger partial charge in [0.05, 0.1) is 31.4 Å². The molecule has 0 N–H and O–H groups in total. The van der Waals surface area contributed by atoms with E-state index in [-0.39, 0.29) is 48.0 Å². The number of rotatable bonds is 13. The van der Waals surface area contributed by atoms with Crippen LogP contribution in [0, 0.1) is 22.7 Å². The van der Waals surface area contributed by atoms with Crippen molar-refractivity contribution in [2.75, 3.05) is 64.7 Å². The van der Waals surface area contributed by atoms with E-state index in [4.69, 9.17) is 33.7 Å². The minimum Gasteiger partial charge on any atom is -0.468 e. The third-order valence-electron chi connectivity index (χ3n) is 14.4. The zero-order chi connectivity index (χ0) is 46.4. The maximum Gasteiger partial charge on any atom is 0.410 e. The Hall–Kier alpha value is -4.48. The zero-order valence-electron chi connectivity index (χ0n) is 40.6. The third kappa shape index (κ3) is 9.69. The Balaban J connectivity index is 1.24. The first-order valence-electron chi connectivity index (χ1n) is 23.9. The van der Waals surface area contributed by atoms with Gasteiger partial charge in [-0.2, -0.15) is 9.97 Å². The summed E-state index contributed by atoms with van der Waals surface area (Å²) in [6, 6.07) is 13.8.